The van der Waals surface area contributed by atoms with E-state index in [9.17, 15) is 4.79 Å². The summed E-state index contributed by atoms with van der Waals surface area (Å²) in [7, 11) is 0. The Balaban J connectivity index is 2.52. The van der Waals surface area contributed by atoms with Crippen molar-refractivity contribution in [3.05, 3.63) is 0 Å². The van der Waals surface area contributed by atoms with E-state index in [4.69, 9.17) is 10.8 Å². The Labute approximate surface area is 66.6 Å². The van der Waals surface area contributed by atoms with Gasteiger partial charge in [0.05, 0.1) is 6.42 Å². The van der Waals surface area contributed by atoms with E-state index in [1.807, 2.05) is 0 Å². The van der Waals surface area contributed by atoms with E-state index in [0.717, 1.165) is 25.7 Å². The second kappa shape index (κ2) is 3.22. The van der Waals surface area contributed by atoms with Gasteiger partial charge in [-0.2, -0.15) is 0 Å². The minimum absolute atomic E-state index is 0.0637. The van der Waals surface area contributed by atoms with E-state index in [1.54, 1.807) is 0 Å². The molecule has 0 aromatic heterocycles. The van der Waals surface area contributed by atoms with Crippen LogP contribution in [-0.2, 0) is 4.79 Å². The number of aliphatic carboxylic acids is 1. The second-order valence-electron chi connectivity index (χ2n) is 3.48. The molecular formula is C8H15NO2. The van der Waals surface area contributed by atoms with Gasteiger partial charge >= 0.3 is 5.97 Å². The summed E-state index contributed by atoms with van der Waals surface area (Å²) in [5, 5.41) is 8.61. The maximum atomic E-state index is 10.5. The molecule has 0 aromatic rings. The number of carbonyl (C=O) groups is 1. The Hall–Kier alpha value is -0.570. The van der Waals surface area contributed by atoms with Crippen LogP contribution in [0, 0.1) is 5.41 Å². The van der Waals surface area contributed by atoms with Gasteiger partial charge in [-0.25, -0.2) is 0 Å². The topological polar surface area (TPSA) is 63.3 Å². The van der Waals surface area contributed by atoms with E-state index < -0.39 is 5.97 Å². The van der Waals surface area contributed by atoms with Crippen molar-refractivity contribution in [2.75, 3.05) is 6.54 Å². The van der Waals surface area contributed by atoms with Gasteiger partial charge < -0.3 is 10.8 Å². The summed E-state index contributed by atoms with van der Waals surface area (Å²) in [6, 6.07) is 0. The average molecular weight is 157 g/mol. The van der Waals surface area contributed by atoms with Crippen LogP contribution in [0.3, 0.4) is 0 Å². The van der Waals surface area contributed by atoms with E-state index in [0.29, 0.717) is 6.54 Å². The summed E-state index contributed by atoms with van der Waals surface area (Å²) < 4.78 is 0. The molecule has 1 saturated carbocycles. The first-order chi connectivity index (χ1) is 5.18. The van der Waals surface area contributed by atoms with Gasteiger partial charge in [0, 0.05) is 0 Å². The highest BCUT2D eigenvalue weighted by atomic mass is 16.4. The third-order valence-corrected chi connectivity index (χ3v) is 2.62. The highest BCUT2D eigenvalue weighted by Gasteiger charge is 2.34. The fraction of sp³-hybridized carbons (Fsp3) is 0.875. The third kappa shape index (κ3) is 1.93. The molecule has 0 spiro atoms. The molecule has 1 aliphatic rings. The van der Waals surface area contributed by atoms with Crippen molar-refractivity contribution in [1.29, 1.82) is 0 Å². The zero-order chi connectivity index (χ0) is 8.32. The lowest BCUT2D eigenvalue weighted by atomic mass is 9.83. The fourth-order valence-corrected chi connectivity index (χ4v) is 1.90. The second-order valence-corrected chi connectivity index (χ2v) is 3.48. The molecule has 0 bridgehead atoms. The molecule has 0 atom stereocenters. The van der Waals surface area contributed by atoms with Crippen LogP contribution < -0.4 is 5.73 Å². The summed E-state index contributed by atoms with van der Waals surface area (Å²) in [4.78, 5) is 10.5. The van der Waals surface area contributed by atoms with Gasteiger partial charge in [-0.15, -0.1) is 0 Å². The van der Waals surface area contributed by atoms with Crippen LogP contribution in [-0.4, -0.2) is 17.6 Å². The SMILES string of the molecule is NCC1(CC(=O)O)CCCC1. The summed E-state index contributed by atoms with van der Waals surface area (Å²) >= 11 is 0. The van der Waals surface area contributed by atoms with E-state index in [1.165, 1.54) is 0 Å². The monoisotopic (exact) mass is 157 g/mol. The Morgan fingerprint density at radius 2 is 2.00 bits per heavy atom. The normalized spacial score (nSPS) is 21.9. The summed E-state index contributed by atoms with van der Waals surface area (Å²) in [5.41, 5.74) is 5.49. The molecule has 3 heteroatoms. The molecule has 0 aliphatic heterocycles. The van der Waals surface area contributed by atoms with E-state index >= 15 is 0 Å². The van der Waals surface area contributed by atoms with Crippen molar-refractivity contribution < 1.29 is 9.90 Å². The number of carboxylic acid groups (broad SMARTS) is 1. The van der Waals surface area contributed by atoms with Crippen LogP contribution in [0.2, 0.25) is 0 Å². The predicted molar refractivity (Wildman–Crippen MR) is 42.2 cm³/mol. The molecule has 1 aliphatic carbocycles. The first-order valence-corrected chi connectivity index (χ1v) is 4.10. The zero-order valence-corrected chi connectivity index (χ0v) is 6.68. The first kappa shape index (κ1) is 8.53. The van der Waals surface area contributed by atoms with Gasteiger partial charge in [-0.05, 0) is 24.8 Å². The molecule has 0 radical (unpaired) electrons. The molecule has 0 saturated heterocycles. The van der Waals surface area contributed by atoms with E-state index in [2.05, 4.69) is 0 Å². The van der Waals surface area contributed by atoms with Crippen molar-refractivity contribution in [1.82, 2.24) is 0 Å². The molecule has 3 N–H and O–H groups in total. The first-order valence-electron chi connectivity index (χ1n) is 4.10. The minimum atomic E-state index is -0.711. The number of hydrogen-bond donors (Lipinski definition) is 2. The van der Waals surface area contributed by atoms with Crippen LogP contribution in [0.25, 0.3) is 0 Å². The smallest absolute Gasteiger partial charge is 0.303 e. The molecule has 0 amide bonds. The Kier molecular flexibility index (Phi) is 2.49. The van der Waals surface area contributed by atoms with Crippen molar-refractivity contribution in [2.45, 2.75) is 32.1 Å². The highest BCUT2D eigenvalue weighted by Crippen LogP contribution is 2.39. The quantitative estimate of drug-likeness (QED) is 0.642. The lowest BCUT2D eigenvalue weighted by Gasteiger charge is -2.24. The van der Waals surface area contributed by atoms with Gasteiger partial charge in [0.1, 0.15) is 0 Å². The van der Waals surface area contributed by atoms with Crippen LogP contribution in [0.15, 0.2) is 0 Å². The largest absolute Gasteiger partial charge is 0.481 e. The Morgan fingerprint density at radius 1 is 1.45 bits per heavy atom. The number of carboxylic acids is 1. The van der Waals surface area contributed by atoms with Crippen LogP contribution in [0.5, 0.6) is 0 Å². The molecule has 1 fully saturated rings. The van der Waals surface area contributed by atoms with E-state index in [-0.39, 0.29) is 11.8 Å². The standard InChI is InChI=1S/C8H15NO2/c9-6-8(5-7(10)11)3-1-2-4-8/h1-6,9H2,(H,10,11). The number of hydrogen-bond acceptors (Lipinski definition) is 2. The van der Waals surface area contributed by atoms with Crippen molar-refractivity contribution in [3.8, 4) is 0 Å². The summed E-state index contributed by atoms with van der Waals surface area (Å²) in [5.74, 6) is -0.711. The van der Waals surface area contributed by atoms with Crippen molar-refractivity contribution >= 4 is 5.97 Å². The van der Waals surface area contributed by atoms with Gasteiger partial charge in [0.15, 0.2) is 0 Å². The molecule has 11 heavy (non-hydrogen) atoms. The highest BCUT2D eigenvalue weighted by molar-refractivity contribution is 5.67. The van der Waals surface area contributed by atoms with Crippen LogP contribution in [0.1, 0.15) is 32.1 Å². The molecule has 0 unspecified atom stereocenters. The molecule has 3 nitrogen and oxygen atoms in total. The average Bonchev–Trinajstić information content (AvgIpc) is 2.36. The van der Waals surface area contributed by atoms with Crippen LogP contribution in [0.4, 0.5) is 0 Å². The van der Waals surface area contributed by atoms with Gasteiger partial charge in [-0.3, -0.25) is 4.79 Å². The molecule has 1 rings (SSSR count). The minimum Gasteiger partial charge on any atom is -0.481 e. The van der Waals surface area contributed by atoms with Crippen molar-refractivity contribution in [3.63, 3.8) is 0 Å². The summed E-state index contributed by atoms with van der Waals surface area (Å²) in [6.45, 7) is 0.527. The molecule has 0 heterocycles. The summed E-state index contributed by atoms with van der Waals surface area (Å²) in [6.07, 6.45) is 4.53. The number of rotatable bonds is 3. The Bertz CT molecular complexity index is 150. The lowest BCUT2D eigenvalue weighted by molar-refractivity contribution is -0.139. The lowest BCUT2D eigenvalue weighted by Crippen LogP contribution is -2.29. The molecule has 0 aromatic carbocycles. The maximum absolute atomic E-state index is 10.5. The van der Waals surface area contributed by atoms with Gasteiger partial charge in [0.25, 0.3) is 0 Å². The maximum Gasteiger partial charge on any atom is 0.303 e. The molecule has 64 valence electrons. The molecular weight excluding hydrogens is 142 g/mol. The predicted octanol–water partition coefficient (Wildman–Crippen LogP) is 0.980. The fourth-order valence-electron chi connectivity index (χ4n) is 1.90. The van der Waals surface area contributed by atoms with Gasteiger partial charge in [0.2, 0.25) is 0 Å². The number of nitrogens with two attached hydrogens (primary N) is 1. The third-order valence-electron chi connectivity index (χ3n) is 2.62. The van der Waals surface area contributed by atoms with Crippen molar-refractivity contribution in [2.24, 2.45) is 11.1 Å². The zero-order valence-electron chi connectivity index (χ0n) is 6.68. The van der Waals surface area contributed by atoms with Gasteiger partial charge in [-0.1, -0.05) is 12.8 Å². The Morgan fingerprint density at radius 3 is 2.36 bits per heavy atom. The van der Waals surface area contributed by atoms with Crippen LogP contribution >= 0.6 is 0 Å².